The normalized spacial score (nSPS) is 11.0. The molecule has 168 valence electrons. The molecule has 0 aliphatic carbocycles. The highest BCUT2D eigenvalue weighted by molar-refractivity contribution is 5.96. The lowest BCUT2D eigenvalue weighted by Crippen LogP contribution is -2.34. The highest BCUT2D eigenvalue weighted by Crippen LogP contribution is 2.27. The van der Waals surface area contributed by atoms with Crippen LogP contribution in [0.5, 0.6) is 0 Å². The van der Waals surface area contributed by atoms with Gasteiger partial charge in [0.15, 0.2) is 0 Å². The first-order valence-corrected chi connectivity index (χ1v) is 10.7. The summed E-state index contributed by atoms with van der Waals surface area (Å²) in [4.78, 5) is 36.4. The molecule has 0 aliphatic heterocycles. The number of benzene rings is 2. The standard InChI is InChI=1S/C26H21N5O3/c1-17-8-7-9-18(14-17)30(2)24(33)16-31-22-12-4-3-10-19(22)20(15-23(31)32)26-28-25(29-34-26)21-11-5-6-13-27-21/h3-15H,16H2,1-2H3. The van der Waals surface area contributed by atoms with Gasteiger partial charge in [0.1, 0.15) is 12.2 Å². The summed E-state index contributed by atoms with van der Waals surface area (Å²) in [6, 6.07) is 21.8. The lowest BCUT2D eigenvalue weighted by Gasteiger charge is -2.19. The van der Waals surface area contributed by atoms with E-state index < -0.39 is 0 Å². The molecule has 0 spiro atoms. The number of hydrogen-bond acceptors (Lipinski definition) is 6. The molecule has 0 radical (unpaired) electrons. The van der Waals surface area contributed by atoms with Gasteiger partial charge in [-0.15, -0.1) is 0 Å². The molecule has 8 heteroatoms. The molecule has 0 saturated heterocycles. The maximum absolute atomic E-state index is 13.1. The molecule has 3 heterocycles. The number of amides is 1. The maximum atomic E-state index is 13.1. The van der Waals surface area contributed by atoms with Crippen molar-refractivity contribution in [2.45, 2.75) is 13.5 Å². The average molecular weight is 451 g/mol. The van der Waals surface area contributed by atoms with E-state index in [1.54, 1.807) is 36.3 Å². The van der Waals surface area contributed by atoms with Gasteiger partial charge in [0.05, 0.1) is 11.1 Å². The molecule has 2 aromatic carbocycles. The fourth-order valence-electron chi connectivity index (χ4n) is 3.83. The van der Waals surface area contributed by atoms with Crippen LogP contribution in [0.2, 0.25) is 0 Å². The second-order valence-corrected chi connectivity index (χ2v) is 7.93. The van der Waals surface area contributed by atoms with Gasteiger partial charge in [-0.3, -0.25) is 19.1 Å². The summed E-state index contributed by atoms with van der Waals surface area (Å²) >= 11 is 0. The van der Waals surface area contributed by atoms with E-state index in [0.717, 1.165) is 16.6 Å². The molecule has 0 aliphatic rings. The minimum Gasteiger partial charge on any atom is -0.334 e. The number of fused-ring (bicyclic) bond motifs is 1. The van der Waals surface area contributed by atoms with Gasteiger partial charge in [-0.2, -0.15) is 4.98 Å². The van der Waals surface area contributed by atoms with Gasteiger partial charge in [0, 0.05) is 30.4 Å². The third-order valence-corrected chi connectivity index (χ3v) is 5.63. The Labute approximate surface area is 195 Å². The zero-order valence-corrected chi connectivity index (χ0v) is 18.7. The first-order valence-electron chi connectivity index (χ1n) is 10.7. The quantitative estimate of drug-likeness (QED) is 0.400. The van der Waals surface area contributed by atoms with Gasteiger partial charge in [-0.25, -0.2) is 0 Å². The molecule has 0 saturated carbocycles. The summed E-state index contributed by atoms with van der Waals surface area (Å²) in [7, 11) is 1.70. The summed E-state index contributed by atoms with van der Waals surface area (Å²) in [5, 5.41) is 4.74. The smallest absolute Gasteiger partial charge is 0.259 e. The van der Waals surface area contributed by atoms with Crippen molar-refractivity contribution in [1.29, 1.82) is 0 Å². The van der Waals surface area contributed by atoms with E-state index in [9.17, 15) is 9.59 Å². The number of rotatable bonds is 5. The SMILES string of the molecule is Cc1cccc(N(C)C(=O)Cn2c(=O)cc(-c3nc(-c4ccccn4)no3)c3ccccc32)c1. The van der Waals surface area contributed by atoms with Gasteiger partial charge in [0.25, 0.3) is 11.4 Å². The van der Waals surface area contributed by atoms with Gasteiger partial charge in [0.2, 0.25) is 11.7 Å². The number of nitrogens with zero attached hydrogens (tertiary/aromatic N) is 5. The van der Waals surface area contributed by atoms with Gasteiger partial charge in [-0.05, 0) is 42.8 Å². The van der Waals surface area contributed by atoms with Crippen molar-refractivity contribution in [3.63, 3.8) is 0 Å². The number of carbonyl (C=O) groups is 1. The molecule has 0 fully saturated rings. The lowest BCUT2D eigenvalue weighted by molar-refractivity contribution is -0.118. The van der Waals surface area contributed by atoms with Crippen LogP contribution >= 0.6 is 0 Å². The highest BCUT2D eigenvalue weighted by atomic mass is 16.5. The van der Waals surface area contributed by atoms with Crippen LogP contribution in [0.4, 0.5) is 5.69 Å². The summed E-state index contributed by atoms with van der Waals surface area (Å²) < 4.78 is 6.93. The predicted molar refractivity (Wildman–Crippen MR) is 129 cm³/mol. The molecular formula is C26H21N5O3. The Hall–Kier alpha value is -4.59. The Bertz CT molecular complexity index is 1560. The van der Waals surface area contributed by atoms with Crippen molar-refractivity contribution in [3.8, 4) is 23.0 Å². The number of anilines is 1. The number of aromatic nitrogens is 4. The topological polar surface area (TPSA) is 94.1 Å². The molecular weight excluding hydrogens is 430 g/mol. The number of likely N-dealkylation sites (N-methyl/N-ethyl adjacent to an activating group) is 1. The molecule has 8 nitrogen and oxygen atoms in total. The summed E-state index contributed by atoms with van der Waals surface area (Å²) in [6.07, 6.45) is 1.65. The van der Waals surface area contributed by atoms with Crippen molar-refractivity contribution < 1.29 is 9.32 Å². The zero-order valence-electron chi connectivity index (χ0n) is 18.7. The average Bonchev–Trinajstić information content (AvgIpc) is 3.36. The van der Waals surface area contributed by atoms with Crippen LogP contribution in [-0.4, -0.2) is 32.6 Å². The van der Waals surface area contributed by atoms with Gasteiger partial charge in [-0.1, -0.05) is 41.6 Å². The summed E-state index contributed by atoms with van der Waals surface area (Å²) in [5.74, 6) is 0.337. The van der Waals surface area contributed by atoms with Crippen molar-refractivity contribution >= 4 is 22.5 Å². The van der Waals surface area contributed by atoms with Crippen molar-refractivity contribution in [3.05, 3.63) is 94.9 Å². The highest BCUT2D eigenvalue weighted by Gasteiger charge is 2.19. The third-order valence-electron chi connectivity index (χ3n) is 5.63. The van der Waals surface area contributed by atoms with Crippen LogP contribution in [0, 0.1) is 6.92 Å². The minimum absolute atomic E-state index is 0.104. The van der Waals surface area contributed by atoms with Crippen molar-refractivity contribution in [2.75, 3.05) is 11.9 Å². The molecule has 0 bridgehead atoms. The van der Waals surface area contributed by atoms with Gasteiger partial charge < -0.3 is 9.42 Å². The van der Waals surface area contributed by atoms with Crippen LogP contribution in [0.15, 0.2) is 88.3 Å². The Balaban J connectivity index is 1.53. The first kappa shape index (κ1) is 21.3. The molecule has 0 atom stereocenters. The first-order chi connectivity index (χ1) is 16.5. The molecule has 0 unspecified atom stereocenters. The van der Waals surface area contributed by atoms with Crippen LogP contribution in [0.25, 0.3) is 33.9 Å². The van der Waals surface area contributed by atoms with Crippen molar-refractivity contribution in [1.82, 2.24) is 19.7 Å². The van der Waals surface area contributed by atoms with Crippen LogP contribution in [-0.2, 0) is 11.3 Å². The van der Waals surface area contributed by atoms with Crippen LogP contribution in [0.3, 0.4) is 0 Å². The van der Waals surface area contributed by atoms with Crippen LogP contribution < -0.4 is 10.5 Å². The van der Waals surface area contributed by atoms with E-state index in [1.165, 1.54) is 10.6 Å². The van der Waals surface area contributed by atoms with Crippen LogP contribution in [0.1, 0.15) is 5.56 Å². The Morgan fingerprint density at radius 2 is 1.85 bits per heavy atom. The van der Waals surface area contributed by atoms with Gasteiger partial charge >= 0.3 is 0 Å². The predicted octanol–water partition coefficient (Wildman–Crippen LogP) is 4.08. The zero-order chi connectivity index (χ0) is 23.7. The number of aryl methyl sites for hydroxylation is 1. The second-order valence-electron chi connectivity index (χ2n) is 7.93. The van der Waals surface area contributed by atoms with Crippen molar-refractivity contribution in [2.24, 2.45) is 0 Å². The third kappa shape index (κ3) is 3.97. The molecule has 3 aromatic heterocycles. The number of para-hydroxylation sites is 1. The largest absolute Gasteiger partial charge is 0.334 e. The Kier molecular flexibility index (Phi) is 5.47. The van der Waals surface area contributed by atoms with E-state index in [1.807, 2.05) is 55.5 Å². The molecule has 34 heavy (non-hydrogen) atoms. The molecule has 5 rings (SSSR count). The fraction of sp³-hybridized carbons (Fsp3) is 0.115. The van der Waals surface area contributed by atoms with E-state index in [0.29, 0.717) is 22.6 Å². The van der Waals surface area contributed by atoms with E-state index in [-0.39, 0.29) is 23.9 Å². The summed E-state index contributed by atoms with van der Waals surface area (Å²) in [6.45, 7) is 1.86. The van der Waals surface area contributed by atoms with E-state index in [2.05, 4.69) is 15.1 Å². The van der Waals surface area contributed by atoms with E-state index in [4.69, 9.17) is 4.52 Å². The summed E-state index contributed by atoms with van der Waals surface area (Å²) in [5.41, 5.74) is 3.16. The lowest BCUT2D eigenvalue weighted by atomic mass is 10.1. The Morgan fingerprint density at radius 1 is 1.03 bits per heavy atom. The number of hydrogen-bond donors (Lipinski definition) is 0. The minimum atomic E-state index is -0.336. The molecule has 1 amide bonds. The van der Waals surface area contributed by atoms with E-state index >= 15 is 0 Å². The number of carbonyl (C=O) groups excluding carboxylic acids is 1. The molecule has 0 N–H and O–H groups in total. The fourth-order valence-corrected chi connectivity index (χ4v) is 3.83. The number of pyridine rings is 2. The second kappa shape index (κ2) is 8.74. The maximum Gasteiger partial charge on any atom is 0.259 e. The molecule has 5 aromatic rings. The Morgan fingerprint density at radius 3 is 2.65 bits per heavy atom. The monoisotopic (exact) mass is 451 g/mol.